The molecular weight excluding hydrogens is 302 g/mol. The van der Waals surface area contributed by atoms with E-state index in [-0.39, 0.29) is 30.5 Å². The van der Waals surface area contributed by atoms with Gasteiger partial charge in [-0.15, -0.1) is 11.8 Å². The Bertz CT molecular complexity index is 531. The number of anilines is 1. The molecule has 22 heavy (non-hydrogen) atoms. The smallest absolute Gasteiger partial charge is 0.313 e. The van der Waals surface area contributed by atoms with Crippen molar-refractivity contribution in [1.82, 2.24) is 0 Å². The highest BCUT2D eigenvalue weighted by atomic mass is 32.2. The Morgan fingerprint density at radius 2 is 2.00 bits per heavy atom. The summed E-state index contributed by atoms with van der Waals surface area (Å²) in [4.78, 5) is 35.3. The second-order valence-corrected chi connectivity index (χ2v) is 5.68. The normalized spacial score (nSPS) is 10.1. The lowest BCUT2D eigenvalue weighted by molar-refractivity contribution is -0.145. The van der Waals surface area contributed by atoms with Crippen molar-refractivity contribution in [2.45, 2.75) is 38.0 Å². The van der Waals surface area contributed by atoms with E-state index in [0.717, 1.165) is 11.3 Å². The standard InChI is InChI=1S/C16H21NO4S/c1-3-6-15(19)17-12-7-5-8-14(9-12)22-11-13(18)10-16(20)21-4-2/h5,7-9H,3-4,6,10-11H2,1-2H3,(H,17,19). The lowest BCUT2D eigenvalue weighted by Crippen LogP contribution is -2.12. The lowest BCUT2D eigenvalue weighted by atomic mass is 10.3. The first-order valence-corrected chi connectivity index (χ1v) is 8.23. The van der Waals surface area contributed by atoms with E-state index in [1.54, 1.807) is 13.0 Å². The number of thioether (sulfide) groups is 1. The minimum absolute atomic E-state index is 0.0250. The van der Waals surface area contributed by atoms with Gasteiger partial charge in [0.05, 0.1) is 12.4 Å². The number of rotatable bonds is 9. The average Bonchev–Trinajstić information content (AvgIpc) is 2.46. The van der Waals surface area contributed by atoms with Crippen molar-refractivity contribution in [3.05, 3.63) is 24.3 Å². The monoisotopic (exact) mass is 323 g/mol. The lowest BCUT2D eigenvalue weighted by Gasteiger charge is -2.07. The number of carbonyl (C=O) groups excluding carboxylic acids is 3. The Labute approximate surface area is 134 Å². The predicted octanol–water partition coefficient (Wildman–Crippen LogP) is 3.04. The summed E-state index contributed by atoms with van der Waals surface area (Å²) in [5.41, 5.74) is 0.710. The van der Waals surface area contributed by atoms with Crippen molar-refractivity contribution < 1.29 is 19.1 Å². The molecule has 1 N–H and O–H groups in total. The summed E-state index contributed by atoms with van der Waals surface area (Å²) in [6, 6.07) is 7.30. The molecule has 1 amide bonds. The highest BCUT2D eigenvalue weighted by Crippen LogP contribution is 2.22. The Morgan fingerprint density at radius 1 is 1.23 bits per heavy atom. The Hall–Kier alpha value is -1.82. The van der Waals surface area contributed by atoms with Crippen LogP contribution in [0.1, 0.15) is 33.1 Å². The number of hydrogen-bond donors (Lipinski definition) is 1. The van der Waals surface area contributed by atoms with Gasteiger partial charge in [0, 0.05) is 17.0 Å². The topological polar surface area (TPSA) is 72.5 Å². The quantitative estimate of drug-likeness (QED) is 0.429. The van der Waals surface area contributed by atoms with E-state index in [1.165, 1.54) is 11.8 Å². The van der Waals surface area contributed by atoms with E-state index in [2.05, 4.69) is 5.32 Å². The van der Waals surface area contributed by atoms with Crippen LogP contribution in [-0.2, 0) is 19.1 Å². The molecule has 1 aromatic carbocycles. The summed E-state index contributed by atoms with van der Waals surface area (Å²) >= 11 is 1.33. The summed E-state index contributed by atoms with van der Waals surface area (Å²) in [5.74, 6) is -0.494. The SMILES string of the molecule is CCCC(=O)Nc1cccc(SCC(=O)CC(=O)OCC)c1. The Kier molecular flexibility index (Phi) is 8.28. The van der Waals surface area contributed by atoms with E-state index in [1.807, 2.05) is 25.1 Å². The molecule has 6 heteroatoms. The van der Waals surface area contributed by atoms with E-state index < -0.39 is 5.97 Å². The maximum atomic E-state index is 11.7. The van der Waals surface area contributed by atoms with Gasteiger partial charge >= 0.3 is 5.97 Å². The van der Waals surface area contributed by atoms with Gasteiger partial charge in [-0.05, 0) is 31.5 Å². The van der Waals surface area contributed by atoms with Crippen LogP contribution in [-0.4, -0.2) is 30.0 Å². The molecule has 1 rings (SSSR count). The summed E-state index contributed by atoms with van der Waals surface area (Å²) in [6.07, 6.45) is 1.08. The average molecular weight is 323 g/mol. The maximum absolute atomic E-state index is 11.7. The maximum Gasteiger partial charge on any atom is 0.313 e. The molecule has 120 valence electrons. The molecule has 0 aliphatic heterocycles. The first-order valence-electron chi connectivity index (χ1n) is 7.25. The van der Waals surface area contributed by atoms with E-state index >= 15 is 0 Å². The minimum atomic E-state index is -0.492. The summed E-state index contributed by atoms with van der Waals surface area (Å²) in [7, 11) is 0. The molecule has 0 aliphatic carbocycles. The number of ketones is 1. The van der Waals surface area contributed by atoms with E-state index in [4.69, 9.17) is 4.74 Å². The third kappa shape index (κ3) is 7.26. The van der Waals surface area contributed by atoms with Crippen molar-refractivity contribution in [3.63, 3.8) is 0 Å². The molecule has 0 fully saturated rings. The highest BCUT2D eigenvalue weighted by Gasteiger charge is 2.11. The molecule has 0 radical (unpaired) electrons. The van der Waals surface area contributed by atoms with Crippen molar-refractivity contribution in [2.24, 2.45) is 0 Å². The zero-order valence-corrected chi connectivity index (χ0v) is 13.7. The van der Waals surface area contributed by atoms with Gasteiger partial charge in [-0.25, -0.2) is 0 Å². The predicted molar refractivity (Wildman–Crippen MR) is 87.0 cm³/mol. The van der Waals surface area contributed by atoms with Crippen molar-refractivity contribution >= 4 is 35.1 Å². The van der Waals surface area contributed by atoms with Gasteiger partial charge in [0.1, 0.15) is 6.42 Å². The van der Waals surface area contributed by atoms with Gasteiger partial charge in [0.2, 0.25) is 5.91 Å². The number of Topliss-reactive ketones (excluding diaryl/α,β-unsaturated/α-hetero) is 1. The third-order valence-corrected chi connectivity index (χ3v) is 3.70. The summed E-state index contributed by atoms with van der Waals surface area (Å²) in [6.45, 7) is 3.93. The fourth-order valence-electron chi connectivity index (χ4n) is 1.70. The van der Waals surface area contributed by atoms with Crippen LogP contribution in [0.3, 0.4) is 0 Å². The number of amides is 1. The second kappa shape index (κ2) is 10.00. The second-order valence-electron chi connectivity index (χ2n) is 4.64. The zero-order chi connectivity index (χ0) is 16.4. The van der Waals surface area contributed by atoms with Gasteiger partial charge < -0.3 is 10.1 Å². The van der Waals surface area contributed by atoms with Gasteiger partial charge in [-0.2, -0.15) is 0 Å². The number of carbonyl (C=O) groups is 3. The molecule has 0 spiro atoms. The number of esters is 1. The number of ether oxygens (including phenoxy) is 1. The molecular formula is C16H21NO4S. The molecule has 1 aromatic rings. The fraction of sp³-hybridized carbons (Fsp3) is 0.438. The van der Waals surface area contributed by atoms with Crippen LogP contribution in [0.5, 0.6) is 0 Å². The van der Waals surface area contributed by atoms with Gasteiger partial charge in [0.15, 0.2) is 5.78 Å². The van der Waals surface area contributed by atoms with Crippen molar-refractivity contribution in [2.75, 3.05) is 17.7 Å². The van der Waals surface area contributed by atoms with Gasteiger partial charge in [-0.1, -0.05) is 13.0 Å². The summed E-state index contributed by atoms with van der Waals surface area (Å²) < 4.78 is 4.73. The number of nitrogens with one attached hydrogen (secondary N) is 1. The number of hydrogen-bond acceptors (Lipinski definition) is 5. The Morgan fingerprint density at radius 3 is 2.68 bits per heavy atom. The molecule has 0 bridgehead atoms. The van der Waals surface area contributed by atoms with Crippen LogP contribution < -0.4 is 5.32 Å². The summed E-state index contributed by atoms with van der Waals surface area (Å²) in [5, 5.41) is 2.81. The first-order chi connectivity index (χ1) is 10.5. The molecule has 0 aliphatic rings. The minimum Gasteiger partial charge on any atom is -0.466 e. The van der Waals surface area contributed by atoms with Crippen LogP contribution in [0.15, 0.2) is 29.2 Å². The van der Waals surface area contributed by atoms with Crippen LogP contribution >= 0.6 is 11.8 Å². The molecule has 0 aromatic heterocycles. The van der Waals surface area contributed by atoms with Crippen molar-refractivity contribution in [3.8, 4) is 0 Å². The van der Waals surface area contributed by atoms with Crippen molar-refractivity contribution in [1.29, 1.82) is 0 Å². The van der Waals surface area contributed by atoms with Crippen LogP contribution in [0.4, 0.5) is 5.69 Å². The van der Waals surface area contributed by atoms with Crippen LogP contribution in [0, 0.1) is 0 Å². The van der Waals surface area contributed by atoms with Crippen LogP contribution in [0.25, 0.3) is 0 Å². The Balaban J connectivity index is 2.47. The molecule has 5 nitrogen and oxygen atoms in total. The highest BCUT2D eigenvalue weighted by molar-refractivity contribution is 8.00. The largest absolute Gasteiger partial charge is 0.466 e. The van der Waals surface area contributed by atoms with E-state index in [9.17, 15) is 14.4 Å². The zero-order valence-electron chi connectivity index (χ0n) is 12.9. The van der Waals surface area contributed by atoms with Crippen LogP contribution in [0.2, 0.25) is 0 Å². The van der Waals surface area contributed by atoms with E-state index in [0.29, 0.717) is 12.1 Å². The fourth-order valence-corrected chi connectivity index (χ4v) is 2.52. The third-order valence-electron chi connectivity index (χ3n) is 2.64. The molecule has 0 atom stereocenters. The molecule has 0 saturated carbocycles. The molecule has 0 saturated heterocycles. The first kappa shape index (κ1) is 18.2. The molecule has 0 unspecified atom stereocenters. The van der Waals surface area contributed by atoms with Gasteiger partial charge in [0.25, 0.3) is 0 Å². The molecule has 0 heterocycles. The number of benzene rings is 1. The van der Waals surface area contributed by atoms with Gasteiger partial charge in [-0.3, -0.25) is 14.4 Å².